The smallest absolute Gasteiger partial charge is 0.408 e. The Kier molecular flexibility index (Phi) is 5.11. The normalized spacial score (nSPS) is 16.4. The van der Waals surface area contributed by atoms with Gasteiger partial charge in [0, 0.05) is 29.7 Å². The fourth-order valence-electron chi connectivity index (χ4n) is 3.60. The third kappa shape index (κ3) is 4.14. The number of fused-ring (bicyclic) bond motifs is 1. The fraction of sp³-hybridized carbons (Fsp3) is 0.227. The number of aromatic amines is 1. The average molecular weight is 418 g/mol. The number of ether oxygens (including phenoxy) is 1. The molecule has 1 aliphatic heterocycles. The molecule has 158 valence electrons. The van der Waals surface area contributed by atoms with Crippen molar-refractivity contribution in [2.75, 3.05) is 30.4 Å². The third-order valence-corrected chi connectivity index (χ3v) is 5.16. The highest BCUT2D eigenvalue weighted by molar-refractivity contribution is 5.78. The molecule has 9 heteroatoms. The Bertz CT molecular complexity index is 1280. The number of aryl methyl sites for hydroxylation is 1. The first-order chi connectivity index (χ1) is 15.2. The first kappa shape index (κ1) is 19.3. The average Bonchev–Trinajstić information content (AvgIpc) is 3.16. The Morgan fingerprint density at radius 2 is 2.06 bits per heavy atom. The van der Waals surface area contributed by atoms with E-state index >= 15 is 0 Å². The Labute approximate surface area is 177 Å². The molecule has 1 unspecified atom stereocenters. The summed E-state index contributed by atoms with van der Waals surface area (Å²) in [6, 6.07) is 13.6. The number of aromatic nitrogens is 3. The zero-order chi connectivity index (χ0) is 21.2. The van der Waals surface area contributed by atoms with Crippen LogP contribution in [-0.2, 0) is 4.74 Å². The Morgan fingerprint density at radius 1 is 1.16 bits per heavy atom. The van der Waals surface area contributed by atoms with Crippen molar-refractivity contribution in [3.8, 4) is 0 Å². The summed E-state index contributed by atoms with van der Waals surface area (Å²) in [7, 11) is 0. The second kappa shape index (κ2) is 8.21. The van der Waals surface area contributed by atoms with E-state index in [2.05, 4.69) is 37.0 Å². The van der Waals surface area contributed by atoms with Gasteiger partial charge in [-0.1, -0.05) is 18.2 Å². The highest BCUT2D eigenvalue weighted by atomic mass is 16.5. The third-order valence-electron chi connectivity index (χ3n) is 5.16. The Balaban J connectivity index is 1.40. The second-order valence-electron chi connectivity index (χ2n) is 7.37. The van der Waals surface area contributed by atoms with Crippen molar-refractivity contribution in [3.63, 3.8) is 0 Å². The lowest BCUT2D eigenvalue weighted by Crippen LogP contribution is -2.34. The first-order valence-electron chi connectivity index (χ1n) is 10.1. The largest absolute Gasteiger partial charge is 0.417 e. The van der Waals surface area contributed by atoms with E-state index in [0.29, 0.717) is 29.5 Å². The highest BCUT2D eigenvalue weighted by Gasteiger charge is 2.18. The van der Waals surface area contributed by atoms with Crippen LogP contribution in [-0.4, -0.2) is 34.7 Å². The maximum absolute atomic E-state index is 11.4. The van der Waals surface area contributed by atoms with Crippen LogP contribution in [0.15, 0.2) is 57.9 Å². The van der Waals surface area contributed by atoms with E-state index in [0.717, 1.165) is 35.7 Å². The summed E-state index contributed by atoms with van der Waals surface area (Å²) in [6.07, 6.45) is 1.76. The quantitative estimate of drug-likeness (QED) is 0.390. The van der Waals surface area contributed by atoms with Crippen LogP contribution in [0.5, 0.6) is 0 Å². The van der Waals surface area contributed by atoms with Gasteiger partial charge in [0.2, 0.25) is 5.95 Å². The molecule has 1 fully saturated rings. The molecule has 31 heavy (non-hydrogen) atoms. The minimum Gasteiger partial charge on any atom is -0.408 e. The van der Waals surface area contributed by atoms with Gasteiger partial charge in [-0.3, -0.25) is 4.98 Å². The molecule has 4 aromatic rings. The van der Waals surface area contributed by atoms with Crippen LogP contribution >= 0.6 is 0 Å². The molecule has 3 heterocycles. The van der Waals surface area contributed by atoms with Crippen molar-refractivity contribution in [3.05, 3.63) is 70.3 Å². The van der Waals surface area contributed by atoms with Crippen LogP contribution in [0.3, 0.4) is 0 Å². The molecule has 0 saturated carbocycles. The summed E-state index contributed by atoms with van der Waals surface area (Å²) in [4.78, 5) is 23.1. The van der Waals surface area contributed by atoms with Crippen LogP contribution < -0.4 is 21.7 Å². The van der Waals surface area contributed by atoms with Crippen molar-refractivity contribution in [1.29, 1.82) is 0 Å². The molecule has 0 radical (unpaired) electrons. The highest BCUT2D eigenvalue weighted by Crippen LogP contribution is 2.28. The topological polar surface area (TPSA) is 117 Å². The van der Waals surface area contributed by atoms with Gasteiger partial charge in [0.1, 0.15) is 5.82 Å². The summed E-state index contributed by atoms with van der Waals surface area (Å²) in [5, 5.41) is 10.1. The second-order valence-corrected chi connectivity index (χ2v) is 7.37. The molecular formula is C22H22N6O3. The molecule has 1 aliphatic rings. The van der Waals surface area contributed by atoms with E-state index in [9.17, 15) is 4.79 Å². The lowest BCUT2D eigenvalue weighted by Gasteiger charge is -2.26. The molecule has 1 atom stereocenters. The Morgan fingerprint density at radius 3 is 2.94 bits per heavy atom. The molecule has 0 amide bonds. The van der Waals surface area contributed by atoms with Gasteiger partial charge in [-0.15, -0.1) is 0 Å². The van der Waals surface area contributed by atoms with Crippen molar-refractivity contribution < 1.29 is 9.15 Å². The number of benzene rings is 2. The van der Waals surface area contributed by atoms with Gasteiger partial charge in [0.25, 0.3) is 0 Å². The molecule has 1 saturated heterocycles. The molecule has 2 aromatic carbocycles. The van der Waals surface area contributed by atoms with Gasteiger partial charge in [-0.05, 0) is 36.8 Å². The maximum atomic E-state index is 11.4. The zero-order valence-corrected chi connectivity index (χ0v) is 16.9. The number of morpholine rings is 1. The van der Waals surface area contributed by atoms with Crippen LogP contribution in [0.1, 0.15) is 17.2 Å². The number of nitrogens with one attached hydrogen (secondary N) is 4. The van der Waals surface area contributed by atoms with Gasteiger partial charge in [-0.2, -0.15) is 4.98 Å². The molecule has 0 bridgehead atoms. The lowest BCUT2D eigenvalue weighted by atomic mass is 10.0. The van der Waals surface area contributed by atoms with E-state index in [1.54, 1.807) is 18.3 Å². The van der Waals surface area contributed by atoms with Crippen molar-refractivity contribution in [1.82, 2.24) is 20.3 Å². The minimum atomic E-state index is -0.478. The molecular weight excluding hydrogens is 396 g/mol. The summed E-state index contributed by atoms with van der Waals surface area (Å²) in [5.74, 6) is 0.669. The molecule has 5 rings (SSSR count). The number of hydrogen-bond acceptors (Lipinski definition) is 8. The number of rotatable bonds is 5. The number of para-hydroxylation sites is 1. The van der Waals surface area contributed by atoms with E-state index in [4.69, 9.17) is 9.15 Å². The fourth-order valence-corrected chi connectivity index (χ4v) is 3.60. The first-order valence-corrected chi connectivity index (χ1v) is 10.1. The standard InChI is InChI=1S/C22H22N6O3/c1-13-11-24-21(26-16-5-3-2-4-15(16)18-12-30-9-8-23-18)28-20(13)25-14-6-7-19-17(10-14)27-22(29)31-19/h2-7,10-11,18,23H,8-9,12H2,1H3,(H,27,29)(H2,24,25,26,28). The molecule has 0 aliphatic carbocycles. The monoisotopic (exact) mass is 418 g/mol. The summed E-state index contributed by atoms with van der Waals surface area (Å²) < 4.78 is 10.7. The van der Waals surface area contributed by atoms with Crippen LogP contribution in [0.4, 0.5) is 23.1 Å². The Hall–Kier alpha value is -3.69. The summed E-state index contributed by atoms with van der Waals surface area (Å²) in [5.41, 5.74) is 4.83. The van der Waals surface area contributed by atoms with E-state index in [-0.39, 0.29) is 6.04 Å². The van der Waals surface area contributed by atoms with Gasteiger partial charge in [0.15, 0.2) is 5.58 Å². The maximum Gasteiger partial charge on any atom is 0.417 e. The van der Waals surface area contributed by atoms with Gasteiger partial charge >= 0.3 is 5.76 Å². The number of oxazole rings is 1. The lowest BCUT2D eigenvalue weighted by molar-refractivity contribution is 0.0771. The SMILES string of the molecule is Cc1cnc(Nc2ccccc2C2COCCN2)nc1Nc1ccc2oc(=O)[nH]c2c1. The van der Waals surface area contributed by atoms with E-state index in [1.165, 1.54) is 0 Å². The molecule has 2 aromatic heterocycles. The number of H-pyrrole nitrogens is 1. The predicted molar refractivity (Wildman–Crippen MR) is 118 cm³/mol. The van der Waals surface area contributed by atoms with Crippen LogP contribution in [0, 0.1) is 6.92 Å². The number of anilines is 4. The summed E-state index contributed by atoms with van der Waals surface area (Å²) in [6.45, 7) is 4.10. The minimum absolute atomic E-state index is 0.115. The zero-order valence-electron chi connectivity index (χ0n) is 16.9. The van der Waals surface area contributed by atoms with Crippen LogP contribution in [0.2, 0.25) is 0 Å². The van der Waals surface area contributed by atoms with E-state index in [1.807, 2.05) is 31.2 Å². The summed E-state index contributed by atoms with van der Waals surface area (Å²) >= 11 is 0. The predicted octanol–water partition coefficient (Wildman–Crippen LogP) is 3.37. The molecule has 9 nitrogen and oxygen atoms in total. The van der Waals surface area contributed by atoms with Crippen molar-refractivity contribution in [2.24, 2.45) is 0 Å². The van der Waals surface area contributed by atoms with Crippen molar-refractivity contribution >= 4 is 34.2 Å². The number of nitrogens with zero attached hydrogens (tertiary/aromatic N) is 2. The van der Waals surface area contributed by atoms with Gasteiger partial charge < -0.3 is 25.1 Å². The van der Waals surface area contributed by atoms with Gasteiger partial charge in [0.05, 0.1) is 24.8 Å². The molecule has 0 spiro atoms. The molecule has 4 N–H and O–H groups in total. The van der Waals surface area contributed by atoms with Crippen molar-refractivity contribution in [2.45, 2.75) is 13.0 Å². The van der Waals surface area contributed by atoms with Crippen LogP contribution in [0.25, 0.3) is 11.1 Å². The van der Waals surface area contributed by atoms with E-state index < -0.39 is 5.76 Å². The number of hydrogen-bond donors (Lipinski definition) is 4. The van der Waals surface area contributed by atoms with Gasteiger partial charge in [-0.25, -0.2) is 9.78 Å².